The molecule has 0 amide bonds. The van der Waals surface area contributed by atoms with E-state index in [0.29, 0.717) is 6.54 Å². The van der Waals surface area contributed by atoms with Crippen molar-refractivity contribution in [3.05, 3.63) is 29.3 Å². The van der Waals surface area contributed by atoms with Crippen LogP contribution in [0.4, 0.5) is 18.9 Å². The molecule has 0 aliphatic carbocycles. The minimum absolute atomic E-state index is 0.100. The van der Waals surface area contributed by atoms with Crippen molar-refractivity contribution in [2.45, 2.75) is 12.3 Å². The highest BCUT2D eigenvalue weighted by Gasteiger charge is 2.31. The average molecular weight is 287 g/mol. The van der Waals surface area contributed by atoms with Crippen molar-refractivity contribution in [1.29, 1.82) is 5.26 Å². The second-order valence-corrected chi connectivity index (χ2v) is 4.67. The molecule has 7 heteroatoms. The Balaban J connectivity index is 2.79. The normalized spacial score (nSPS) is 13.1. The maximum Gasteiger partial charge on any atom is 0.416 e. The van der Waals surface area contributed by atoms with Crippen molar-refractivity contribution < 1.29 is 18.3 Å². The fourth-order valence-corrected chi connectivity index (χ4v) is 1.68. The Kier molecular flexibility index (Phi) is 5.36. The summed E-state index contributed by atoms with van der Waals surface area (Å²) < 4.78 is 37.6. The summed E-state index contributed by atoms with van der Waals surface area (Å²) in [5.74, 6) is 0. The zero-order chi connectivity index (χ0) is 15.3. The van der Waals surface area contributed by atoms with Crippen molar-refractivity contribution in [2.75, 3.05) is 32.5 Å². The number of likely N-dealkylation sites (N-methyl/N-ethyl adjacent to an activating group) is 1. The summed E-state index contributed by atoms with van der Waals surface area (Å²) in [7, 11) is 3.59. The number of alkyl halides is 3. The monoisotopic (exact) mass is 287 g/mol. The smallest absolute Gasteiger partial charge is 0.390 e. The van der Waals surface area contributed by atoms with Crippen LogP contribution < -0.4 is 5.32 Å². The Morgan fingerprint density at radius 1 is 1.40 bits per heavy atom. The molecule has 0 fully saturated rings. The van der Waals surface area contributed by atoms with Crippen LogP contribution in [0, 0.1) is 11.3 Å². The Morgan fingerprint density at radius 3 is 2.55 bits per heavy atom. The molecule has 2 N–H and O–H groups in total. The number of rotatable bonds is 5. The number of nitrogens with zero attached hydrogens (tertiary/aromatic N) is 2. The molecule has 0 saturated heterocycles. The van der Waals surface area contributed by atoms with Crippen LogP contribution in [-0.4, -0.2) is 43.3 Å². The third-order valence-corrected chi connectivity index (χ3v) is 2.57. The van der Waals surface area contributed by atoms with E-state index in [1.807, 2.05) is 0 Å². The summed E-state index contributed by atoms with van der Waals surface area (Å²) in [6, 6.07) is 4.61. The first kappa shape index (κ1) is 16.3. The Labute approximate surface area is 115 Å². The molecule has 0 aromatic heterocycles. The highest BCUT2D eigenvalue weighted by Crippen LogP contribution is 2.31. The van der Waals surface area contributed by atoms with Crippen LogP contribution >= 0.6 is 0 Å². The van der Waals surface area contributed by atoms with Gasteiger partial charge in [0, 0.05) is 13.1 Å². The molecule has 1 aromatic carbocycles. The third-order valence-electron chi connectivity index (χ3n) is 2.57. The van der Waals surface area contributed by atoms with E-state index < -0.39 is 17.8 Å². The van der Waals surface area contributed by atoms with Crippen LogP contribution in [0.3, 0.4) is 0 Å². The summed E-state index contributed by atoms with van der Waals surface area (Å²) >= 11 is 0. The van der Waals surface area contributed by atoms with Crippen LogP contribution in [0.5, 0.6) is 0 Å². The predicted octanol–water partition coefficient (Wildman–Crippen LogP) is 1.91. The largest absolute Gasteiger partial charge is 0.416 e. The molecule has 0 bridgehead atoms. The first-order valence-corrected chi connectivity index (χ1v) is 5.92. The fourth-order valence-electron chi connectivity index (χ4n) is 1.68. The molecule has 0 aliphatic heterocycles. The van der Waals surface area contributed by atoms with Crippen molar-refractivity contribution in [3.63, 3.8) is 0 Å². The van der Waals surface area contributed by atoms with E-state index in [2.05, 4.69) is 5.32 Å². The van der Waals surface area contributed by atoms with Crippen LogP contribution in [0.2, 0.25) is 0 Å². The number of anilines is 1. The van der Waals surface area contributed by atoms with E-state index in [9.17, 15) is 18.3 Å². The number of benzene rings is 1. The van der Waals surface area contributed by atoms with Crippen LogP contribution in [0.1, 0.15) is 11.1 Å². The average Bonchev–Trinajstić information content (AvgIpc) is 2.34. The Morgan fingerprint density at radius 2 is 2.05 bits per heavy atom. The van der Waals surface area contributed by atoms with Gasteiger partial charge in [-0.05, 0) is 32.3 Å². The number of halogens is 3. The number of aliphatic hydroxyl groups excluding tert-OH is 1. The van der Waals surface area contributed by atoms with E-state index >= 15 is 0 Å². The summed E-state index contributed by atoms with van der Waals surface area (Å²) in [5, 5.41) is 21.3. The van der Waals surface area contributed by atoms with Gasteiger partial charge in [0.15, 0.2) is 0 Å². The first-order valence-electron chi connectivity index (χ1n) is 5.92. The lowest BCUT2D eigenvalue weighted by Crippen LogP contribution is -2.31. The van der Waals surface area contributed by atoms with Gasteiger partial charge in [-0.25, -0.2) is 0 Å². The third kappa shape index (κ3) is 4.72. The SMILES string of the molecule is CN(C)CC(O)CNc1ccc(C(F)(F)F)cc1C#N. The number of hydrogen-bond acceptors (Lipinski definition) is 4. The summed E-state index contributed by atoms with van der Waals surface area (Å²) in [6.07, 6.45) is -5.16. The van der Waals surface area contributed by atoms with Gasteiger partial charge in [-0.2, -0.15) is 18.4 Å². The van der Waals surface area contributed by atoms with Gasteiger partial charge >= 0.3 is 6.18 Å². The van der Waals surface area contributed by atoms with Gasteiger partial charge in [-0.1, -0.05) is 0 Å². The van der Waals surface area contributed by atoms with Gasteiger partial charge in [0.1, 0.15) is 6.07 Å². The summed E-state index contributed by atoms with van der Waals surface area (Å²) in [5.41, 5.74) is -0.691. The highest BCUT2D eigenvalue weighted by atomic mass is 19.4. The molecule has 0 radical (unpaired) electrons. The molecule has 20 heavy (non-hydrogen) atoms. The topological polar surface area (TPSA) is 59.3 Å². The molecule has 0 heterocycles. The van der Waals surface area contributed by atoms with Crippen LogP contribution in [0.15, 0.2) is 18.2 Å². The molecular formula is C13H16F3N3O. The standard InChI is InChI=1S/C13H16F3N3O/c1-19(2)8-11(20)7-18-12-4-3-10(13(14,15)16)5-9(12)6-17/h3-5,11,18,20H,7-8H2,1-2H3. The highest BCUT2D eigenvalue weighted by molar-refractivity contribution is 5.59. The summed E-state index contributed by atoms with van der Waals surface area (Å²) in [4.78, 5) is 1.78. The lowest BCUT2D eigenvalue weighted by molar-refractivity contribution is -0.137. The van der Waals surface area contributed by atoms with E-state index in [-0.39, 0.29) is 17.8 Å². The predicted molar refractivity (Wildman–Crippen MR) is 69.2 cm³/mol. The first-order chi connectivity index (χ1) is 9.24. The second-order valence-electron chi connectivity index (χ2n) is 4.67. The van der Waals surface area contributed by atoms with Gasteiger partial charge < -0.3 is 15.3 Å². The van der Waals surface area contributed by atoms with Crippen molar-refractivity contribution in [1.82, 2.24) is 4.90 Å². The molecule has 1 rings (SSSR count). The molecule has 1 unspecified atom stereocenters. The molecule has 1 aromatic rings. The van der Waals surface area contributed by atoms with Crippen molar-refractivity contribution in [2.24, 2.45) is 0 Å². The van der Waals surface area contributed by atoms with Gasteiger partial charge in [0.2, 0.25) is 0 Å². The zero-order valence-corrected chi connectivity index (χ0v) is 11.2. The molecule has 0 saturated carbocycles. The molecule has 0 aliphatic rings. The molecule has 4 nitrogen and oxygen atoms in total. The Bertz CT molecular complexity index is 495. The lowest BCUT2D eigenvalue weighted by Gasteiger charge is -2.18. The van der Waals surface area contributed by atoms with Crippen molar-refractivity contribution >= 4 is 5.69 Å². The minimum Gasteiger partial charge on any atom is -0.390 e. The summed E-state index contributed by atoms with van der Waals surface area (Å²) in [6.45, 7) is 0.563. The maximum absolute atomic E-state index is 12.5. The quantitative estimate of drug-likeness (QED) is 0.868. The van der Waals surface area contributed by atoms with E-state index in [1.54, 1.807) is 25.1 Å². The van der Waals surface area contributed by atoms with E-state index in [4.69, 9.17) is 5.26 Å². The number of aliphatic hydroxyl groups is 1. The van der Waals surface area contributed by atoms with E-state index in [0.717, 1.165) is 12.1 Å². The van der Waals surface area contributed by atoms with Crippen molar-refractivity contribution in [3.8, 4) is 6.07 Å². The number of hydrogen-bond donors (Lipinski definition) is 2. The molecular weight excluding hydrogens is 271 g/mol. The maximum atomic E-state index is 12.5. The van der Waals surface area contributed by atoms with Crippen LogP contribution in [-0.2, 0) is 6.18 Å². The number of nitrogens with one attached hydrogen (secondary N) is 1. The van der Waals surface area contributed by atoms with Gasteiger partial charge in [0.25, 0.3) is 0 Å². The number of nitriles is 1. The van der Waals surface area contributed by atoms with E-state index in [1.165, 1.54) is 6.07 Å². The lowest BCUT2D eigenvalue weighted by atomic mass is 10.1. The zero-order valence-electron chi connectivity index (χ0n) is 11.2. The second kappa shape index (κ2) is 6.59. The van der Waals surface area contributed by atoms with Gasteiger partial charge in [-0.15, -0.1) is 0 Å². The van der Waals surface area contributed by atoms with Gasteiger partial charge in [0.05, 0.1) is 22.9 Å². The minimum atomic E-state index is -4.48. The molecule has 110 valence electrons. The van der Waals surface area contributed by atoms with Crippen LogP contribution in [0.25, 0.3) is 0 Å². The van der Waals surface area contributed by atoms with Gasteiger partial charge in [-0.3, -0.25) is 0 Å². The Hall–Kier alpha value is -1.78. The molecule has 1 atom stereocenters. The fraction of sp³-hybridized carbons (Fsp3) is 0.462. The molecule has 0 spiro atoms.